The topological polar surface area (TPSA) is 41.3 Å². The normalized spacial score (nSPS) is 18.6. The first kappa shape index (κ1) is 11.3. The molecule has 0 saturated carbocycles. The van der Waals surface area contributed by atoms with Crippen molar-refractivity contribution in [2.45, 2.75) is 25.8 Å². The fourth-order valence-corrected chi connectivity index (χ4v) is 2.18. The van der Waals surface area contributed by atoms with Crippen LogP contribution in [0.1, 0.15) is 19.8 Å². The summed E-state index contributed by atoms with van der Waals surface area (Å²) in [6.45, 7) is 5.80. The van der Waals surface area contributed by atoms with E-state index in [-0.39, 0.29) is 0 Å². The molecule has 1 atom stereocenters. The van der Waals surface area contributed by atoms with Crippen LogP contribution in [0.4, 0.5) is 11.4 Å². The number of benzene rings is 1. The highest BCUT2D eigenvalue weighted by atomic mass is 15.2. The van der Waals surface area contributed by atoms with E-state index in [0.29, 0.717) is 6.04 Å². The van der Waals surface area contributed by atoms with E-state index < -0.39 is 0 Å². The number of anilines is 2. The van der Waals surface area contributed by atoms with E-state index in [1.165, 1.54) is 25.9 Å². The van der Waals surface area contributed by atoms with Gasteiger partial charge in [0, 0.05) is 24.0 Å². The molecule has 1 fully saturated rings. The number of rotatable bonds is 4. The molecule has 1 unspecified atom stereocenters. The fraction of sp³-hybridized carbons (Fsp3) is 0.538. The first-order valence-electron chi connectivity index (χ1n) is 6.09. The van der Waals surface area contributed by atoms with E-state index in [1.54, 1.807) is 0 Å². The fourth-order valence-electron chi connectivity index (χ4n) is 2.18. The highest BCUT2D eigenvalue weighted by Gasteiger charge is 2.17. The summed E-state index contributed by atoms with van der Waals surface area (Å²) in [7, 11) is 0. The largest absolute Gasteiger partial charge is 0.399 e. The Morgan fingerprint density at radius 1 is 1.25 bits per heavy atom. The summed E-state index contributed by atoms with van der Waals surface area (Å²) >= 11 is 0. The Labute approximate surface area is 97.6 Å². The van der Waals surface area contributed by atoms with Crippen molar-refractivity contribution in [3.05, 3.63) is 24.3 Å². The average molecular weight is 219 g/mol. The molecule has 1 aromatic rings. The van der Waals surface area contributed by atoms with E-state index in [0.717, 1.165) is 17.9 Å². The maximum Gasteiger partial charge on any atom is 0.0342 e. The van der Waals surface area contributed by atoms with Crippen LogP contribution in [-0.2, 0) is 0 Å². The van der Waals surface area contributed by atoms with Gasteiger partial charge in [0.1, 0.15) is 0 Å². The zero-order valence-electron chi connectivity index (χ0n) is 9.95. The van der Waals surface area contributed by atoms with Crippen molar-refractivity contribution in [3.8, 4) is 0 Å². The smallest absolute Gasteiger partial charge is 0.0342 e. The molecule has 1 aliphatic heterocycles. The van der Waals surface area contributed by atoms with E-state index in [1.807, 2.05) is 24.3 Å². The van der Waals surface area contributed by atoms with Gasteiger partial charge in [0.15, 0.2) is 0 Å². The summed E-state index contributed by atoms with van der Waals surface area (Å²) < 4.78 is 0. The zero-order chi connectivity index (χ0) is 11.4. The van der Waals surface area contributed by atoms with E-state index in [4.69, 9.17) is 5.73 Å². The van der Waals surface area contributed by atoms with Gasteiger partial charge in [-0.05, 0) is 57.1 Å². The van der Waals surface area contributed by atoms with Crippen LogP contribution < -0.4 is 11.1 Å². The standard InChI is InChI=1S/C13H21N3/c1-11(16-8-2-3-9-16)10-15-13-6-4-12(14)5-7-13/h4-7,11,15H,2-3,8-10,14H2,1H3. The molecule has 3 heteroatoms. The summed E-state index contributed by atoms with van der Waals surface area (Å²) in [5, 5.41) is 3.45. The number of nitrogens with two attached hydrogens (primary N) is 1. The predicted octanol–water partition coefficient (Wildman–Crippen LogP) is 2.17. The minimum absolute atomic E-state index is 0.611. The van der Waals surface area contributed by atoms with E-state index in [2.05, 4.69) is 17.1 Å². The lowest BCUT2D eigenvalue weighted by Gasteiger charge is -2.24. The Morgan fingerprint density at radius 2 is 1.88 bits per heavy atom. The quantitative estimate of drug-likeness (QED) is 0.763. The molecule has 0 bridgehead atoms. The van der Waals surface area contributed by atoms with Crippen LogP contribution >= 0.6 is 0 Å². The lowest BCUT2D eigenvalue weighted by Crippen LogP contribution is -2.35. The average Bonchev–Trinajstić information content (AvgIpc) is 2.81. The molecular weight excluding hydrogens is 198 g/mol. The molecular formula is C13H21N3. The highest BCUT2D eigenvalue weighted by Crippen LogP contribution is 2.14. The first-order valence-corrected chi connectivity index (χ1v) is 6.09. The first-order chi connectivity index (χ1) is 7.75. The molecule has 88 valence electrons. The molecule has 1 saturated heterocycles. The Hall–Kier alpha value is -1.22. The number of nitrogens with zero attached hydrogens (tertiary/aromatic N) is 1. The maximum atomic E-state index is 5.65. The summed E-state index contributed by atoms with van der Waals surface area (Å²) in [6.07, 6.45) is 2.71. The zero-order valence-corrected chi connectivity index (χ0v) is 9.95. The second kappa shape index (κ2) is 5.21. The summed E-state index contributed by atoms with van der Waals surface area (Å²) in [5.41, 5.74) is 7.62. The van der Waals surface area contributed by atoms with Gasteiger partial charge in [0.2, 0.25) is 0 Å². The van der Waals surface area contributed by atoms with Gasteiger partial charge in [-0.2, -0.15) is 0 Å². The summed E-state index contributed by atoms with van der Waals surface area (Å²) in [6, 6.07) is 8.55. The number of hydrogen-bond acceptors (Lipinski definition) is 3. The van der Waals surface area contributed by atoms with Crippen molar-refractivity contribution in [2.24, 2.45) is 0 Å². The lowest BCUT2D eigenvalue weighted by atomic mass is 10.2. The Morgan fingerprint density at radius 3 is 2.50 bits per heavy atom. The monoisotopic (exact) mass is 219 g/mol. The molecule has 1 heterocycles. The molecule has 3 N–H and O–H groups in total. The van der Waals surface area contributed by atoms with Crippen molar-refractivity contribution >= 4 is 11.4 Å². The molecule has 0 radical (unpaired) electrons. The van der Waals surface area contributed by atoms with Crippen LogP contribution in [0.2, 0.25) is 0 Å². The second-order valence-corrected chi connectivity index (χ2v) is 4.60. The minimum atomic E-state index is 0.611. The van der Waals surface area contributed by atoms with Crippen molar-refractivity contribution in [1.82, 2.24) is 4.90 Å². The maximum absolute atomic E-state index is 5.65. The molecule has 0 spiro atoms. The van der Waals surface area contributed by atoms with Gasteiger partial charge in [-0.15, -0.1) is 0 Å². The van der Waals surface area contributed by atoms with Crippen molar-refractivity contribution in [3.63, 3.8) is 0 Å². The Balaban J connectivity index is 1.80. The van der Waals surface area contributed by atoms with Gasteiger partial charge in [-0.3, -0.25) is 4.90 Å². The number of hydrogen-bond donors (Lipinski definition) is 2. The SMILES string of the molecule is CC(CNc1ccc(N)cc1)N1CCCC1. The molecule has 2 rings (SSSR count). The number of nitrogens with one attached hydrogen (secondary N) is 1. The Bertz CT molecular complexity index is 314. The molecule has 1 aromatic carbocycles. The van der Waals surface area contributed by atoms with Crippen LogP contribution in [0, 0.1) is 0 Å². The van der Waals surface area contributed by atoms with Crippen molar-refractivity contribution in [2.75, 3.05) is 30.7 Å². The Kier molecular flexibility index (Phi) is 3.67. The number of likely N-dealkylation sites (tertiary alicyclic amines) is 1. The van der Waals surface area contributed by atoms with Crippen LogP contribution in [0.5, 0.6) is 0 Å². The van der Waals surface area contributed by atoms with Gasteiger partial charge in [-0.25, -0.2) is 0 Å². The predicted molar refractivity (Wildman–Crippen MR) is 69.6 cm³/mol. The van der Waals surface area contributed by atoms with Crippen LogP contribution in [0.25, 0.3) is 0 Å². The third-order valence-corrected chi connectivity index (χ3v) is 3.28. The molecule has 0 aliphatic carbocycles. The van der Waals surface area contributed by atoms with Gasteiger partial charge < -0.3 is 11.1 Å². The van der Waals surface area contributed by atoms with Crippen LogP contribution in [0.3, 0.4) is 0 Å². The third kappa shape index (κ3) is 2.89. The van der Waals surface area contributed by atoms with Crippen LogP contribution in [-0.4, -0.2) is 30.6 Å². The van der Waals surface area contributed by atoms with E-state index in [9.17, 15) is 0 Å². The summed E-state index contributed by atoms with van der Waals surface area (Å²) in [5.74, 6) is 0. The van der Waals surface area contributed by atoms with Crippen LogP contribution in [0.15, 0.2) is 24.3 Å². The van der Waals surface area contributed by atoms with Gasteiger partial charge in [0.05, 0.1) is 0 Å². The number of nitrogen functional groups attached to an aromatic ring is 1. The van der Waals surface area contributed by atoms with Crippen molar-refractivity contribution < 1.29 is 0 Å². The molecule has 16 heavy (non-hydrogen) atoms. The summed E-state index contributed by atoms with van der Waals surface area (Å²) in [4.78, 5) is 2.55. The lowest BCUT2D eigenvalue weighted by molar-refractivity contribution is 0.269. The molecule has 0 amide bonds. The van der Waals surface area contributed by atoms with Gasteiger partial charge >= 0.3 is 0 Å². The van der Waals surface area contributed by atoms with Gasteiger partial charge in [0.25, 0.3) is 0 Å². The van der Waals surface area contributed by atoms with Crippen molar-refractivity contribution in [1.29, 1.82) is 0 Å². The molecule has 1 aliphatic rings. The second-order valence-electron chi connectivity index (χ2n) is 4.60. The molecule has 3 nitrogen and oxygen atoms in total. The molecule has 0 aromatic heterocycles. The van der Waals surface area contributed by atoms with E-state index >= 15 is 0 Å². The van der Waals surface area contributed by atoms with Gasteiger partial charge in [-0.1, -0.05) is 0 Å². The third-order valence-electron chi connectivity index (χ3n) is 3.28. The highest BCUT2D eigenvalue weighted by molar-refractivity contribution is 5.51. The minimum Gasteiger partial charge on any atom is -0.399 e.